The summed E-state index contributed by atoms with van der Waals surface area (Å²) in [5, 5.41) is 1.27. The maximum absolute atomic E-state index is 5.60. The lowest BCUT2D eigenvalue weighted by atomic mass is 10.2. The van der Waals surface area contributed by atoms with E-state index < -0.39 is 5.91 Å². The molecule has 98 valence electrons. The lowest BCUT2D eigenvalue weighted by molar-refractivity contribution is 1.67. The number of hydrogen-bond donors (Lipinski definition) is 0. The van der Waals surface area contributed by atoms with E-state index in [1.807, 2.05) is 23.1 Å². The molecule has 0 aliphatic carbocycles. The van der Waals surface area contributed by atoms with Gasteiger partial charge in [-0.3, -0.25) is 0 Å². The Morgan fingerprint density at radius 1 is 0.850 bits per heavy atom. The van der Waals surface area contributed by atoms with Crippen molar-refractivity contribution in [2.75, 3.05) is 0 Å². The topological polar surface area (TPSA) is 0 Å². The molecule has 1 atom stereocenters. The van der Waals surface area contributed by atoms with Gasteiger partial charge in [-0.25, -0.2) is 0 Å². The van der Waals surface area contributed by atoms with Crippen LogP contribution in [0.15, 0.2) is 66.7 Å². The largest absolute Gasteiger partial charge is 0.473 e. The lowest BCUT2D eigenvalue weighted by Crippen LogP contribution is -1.70. The van der Waals surface area contributed by atoms with Crippen molar-refractivity contribution in [3.8, 4) is 10.4 Å². The highest BCUT2D eigenvalue weighted by Gasteiger charge is 2.09. The zero-order valence-electron chi connectivity index (χ0n) is 10.8. The summed E-state index contributed by atoms with van der Waals surface area (Å²) >= 11 is 5.60. The van der Waals surface area contributed by atoms with Crippen LogP contribution in [0.5, 0.6) is 0 Å². The van der Waals surface area contributed by atoms with Gasteiger partial charge in [0.1, 0.15) is 5.30 Å². The standard InChI is InChI=1S/C17H13PS2/c19-18-16(12-11-14-7-3-1-4-8-14)13-17(20-18)15-9-5-2-6-10-15/h1-13H/b12-11+. The molecule has 3 aromatic rings. The smallest absolute Gasteiger partial charge is 0.139 e. The van der Waals surface area contributed by atoms with Crippen LogP contribution >= 0.6 is 16.9 Å². The summed E-state index contributed by atoms with van der Waals surface area (Å²) in [4.78, 5) is 1.29. The fraction of sp³-hybridized carbons (Fsp3) is 0. The molecule has 3 heteroatoms. The van der Waals surface area contributed by atoms with E-state index >= 15 is 0 Å². The Morgan fingerprint density at radius 3 is 2.20 bits per heavy atom. The van der Waals surface area contributed by atoms with Crippen molar-refractivity contribution in [3.05, 3.63) is 77.6 Å². The predicted octanol–water partition coefficient (Wildman–Crippen LogP) is 6.16. The summed E-state index contributed by atoms with van der Waals surface area (Å²) < 4.78 is 0. The van der Waals surface area contributed by atoms with Crippen molar-refractivity contribution in [2.24, 2.45) is 0 Å². The van der Waals surface area contributed by atoms with Gasteiger partial charge in [0.25, 0.3) is 0 Å². The van der Waals surface area contributed by atoms with Gasteiger partial charge in [0.05, 0.1) is 10.8 Å². The molecule has 0 amide bonds. The van der Waals surface area contributed by atoms with Crippen LogP contribution in [0.3, 0.4) is 0 Å². The second kappa shape index (κ2) is 6.41. The van der Waals surface area contributed by atoms with Crippen molar-refractivity contribution in [1.82, 2.24) is 0 Å². The normalized spacial score (nSPS) is 11.9. The third-order valence-electron chi connectivity index (χ3n) is 2.98. The predicted molar refractivity (Wildman–Crippen MR) is 95.0 cm³/mol. The SMILES string of the molecule is [S-][p+]1sc(-c2ccccc2)cc1/C=C/c1ccccc1. The van der Waals surface area contributed by atoms with Gasteiger partial charge in [0, 0.05) is 17.0 Å². The second-order valence-electron chi connectivity index (χ2n) is 4.39. The summed E-state index contributed by atoms with van der Waals surface area (Å²) in [5.74, 6) is -0.550. The molecule has 0 saturated carbocycles. The molecule has 1 aromatic heterocycles. The molecule has 0 fully saturated rings. The molecule has 2 aromatic carbocycles. The number of rotatable bonds is 3. The van der Waals surface area contributed by atoms with Crippen molar-refractivity contribution in [2.45, 2.75) is 0 Å². The van der Waals surface area contributed by atoms with Crippen LogP contribution < -0.4 is 0 Å². The highest BCUT2D eigenvalue weighted by molar-refractivity contribution is 8.43. The average Bonchev–Trinajstić information content (AvgIpc) is 2.88. The van der Waals surface area contributed by atoms with Crippen LogP contribution in [0.25, 0.3) is 22.6 Å². The first kappa shape index (κ1) is 13.6. The second-order valence-corrected chi connectivity index (χ2v) is 9.48. The van der Waals surface area contributed by atoms with E-state index in [9.17, 15) is 0 Å². The van der Waals surface area contributed by atoms with Crippen molar-refractivity contribution >= 4 is 41.3 Å². The summed E-state index contributed by atoms with van der Waals surface area (Å²) in [7, 11) is 1.81. The fourth-order valence-corrected chi connectivity index (χ4v) is 5.90. The van der Waals surface area contributed by atoms with Crippen molar-refractivity contribution in [1.29, 1.82) is 0 Å². The Morgan fingerprint density at radius 2 is 1.50 bits per heavy atom. The van der Waals surface area contributed by atoms with Crippen molar-refractivity contribution in [3.63, 3.8) is 0 Å². The Hall–Kier alpha value is -1.34. The molecule has 1 heterocycles. The zero-order chi connectivity index (χ0) is 13.8. The molecule has 0 saturated heterocycles. The monoisotopic (exact) mass is 312 g/mol. The first-order valence-electron chi connectivity index (χ1n) is 6.35. The Balaban J connectivity index is 1.89. The maximum Gasteiger partial charge on any atom is 0.139 e. The molecular formula is C17H13PS2. The van der Waals surface area contributed by atoms with Crippen molar-refractivity contribution < 1.29 is 0 Å². The molecule has 1 unspecified atom stereocenters. The van der Waals surface area contributed by atoms with Gasteiger partial charge < -0.3 is 12.2 Å². The molecular weight excluding hydrogens is 299 g/mol. The van der Waals surface area contributed by atoms with E-state index in [0.717, 1.165) is 0 Å². The van der Waals surface area contributed by atoms with E-state index in [4.69, 9.17) is 12.2 Å². The Kier molecular flexibility index (Phi) is 4.37. The first-order chi connectivity index (χ1) is 9.83. The lowest BCUT2D eigenvalue weighted by Gasteiger charge is -1.91. The summed E-state index contributed by atoms with van der Waals surface area (Å²) in [5.41, 5.74) is 2.47. The van der Waals surface area contributed by atoms with Gasteiger partial charge >= 0.3 is 0 Å². The minimum absolute atomic E-state index is 0.550. The van der Waals surface area contributed by atoms with Crippen LogP contribution in [0.1, 0.15) is 10.9 Å². The molecule has 0 radical (unpaired) electrons. The van der Waals surface area contributed by atoms with Crippen LogP contribution in [-0.2, 0) is 12.2 Å². The van der Waals surface area contributed by atoms with Gasteiger partial charge in [0.15, 0.2) is 0 Å². The number of benzene rings is 2. The fourth-order valence-electron chi connectivity index (χ4n) is 1.95. The minimum atomic E-state index is -0.550. The van der Waals surface area contributed by atoms with E-state index in [-0.39, 0.29) is 0 Å². The number of hydrogen-bond acceptors (Lipinski definition) is 2. The first-order valence-corrected chi connectivity index (χ1v) is 10.1. The molecule has 3 rings (SSSR count). The summed E-state index contributed by atoms with van der Waals surface area (Å²) in [6.07, 6.45) is 4.30. The van der Waals surface area contributed by atoms with E-state index in [1.165, 1.54) is 21.3 Å². The van der Waals surface area contributed by atoms with Crippen LogP contribution in [0.2, 0.25) is 0 Å². The van der Waals surface area contributed by atoms with Gasteiger partial charge in [-0.1, -0.05) is 66.7 Å². The van der Waals surface area contributed by atoms with E-state index in [0.29, 0.717) is 0 Å². The van der Waals surface area contributed by atoms with Crippen LogP contribution in [0.4, 0.5) is 0 Å². The Labute approximate surface area is 129 Å². The summed E-state index contributed by atoms with van der Waals surface area (Å²) in [6.45, 7) is 0. The molecule has 20 heavy (non-hydrogen) atoms. The molecule has 0 aliphatic rings. The van der Waals surface area contributed by atoms with Gasteiger partial charge in [-0.15, -0.1) is 0 Å². The molecule has 0 N–H and O–H groups in total. The van der Waals surface area contributed by atoms with E-state index in [1.54, 1.807) is 0 Å². The molecule has 0 spiro atoms. The quantitative estimate of drug-likeness (QED) is 0.522. The van der Waals surface area contributed by atoms with Gasteiger partial charge in [-0.2, -0.15) is 0 Å². The molecule has 0 aliphatic heterocycles. The van der Waals surface area contributed by atoms with E-state index in [2.05, 4.69) is 66.7 Å². The Bertz CT molecular complexity index is 715. The van der Waals surface area contributed by atoms with Crippen LogP contribution in [0, 0.1) is 0 Å². The van der Waals surface area contributed by atoms with Gasteiger partial charge in [-0.05, 0) is 17.2 Å². The zero-order valence-corrected chi connectivity index (χ0v) is 13.3. The highest BCUT2D eigenvalue weighted by atomic mass is 32.9. The third-order valence-corrected chi connectivity index (χ3v) is 7.41. The molecule has 0 bridgehead atoms. The maximum atomic E-state index is 5.60. The minimum Gasteiger partial charge on any atom is -0.473 e. The summed E-state index contributed by atoms with van der Waals surface area (Å²) in [6, 6.07) is 23.0. The highest BCUT2D eigenvalue weighted by Crippen LogP contribution is 2.45. The van der Waals surface area contributed by atoms with Gasteiger partial charge in [0.2, 0.25) is 0 Å². The van der Waals surface area contributed by atoms with Crippen LogP contribution in [-0.4, -0.2) is 0 Å². The third kappa shape index (κ3) is 3.21. The average molecular weight is 312 g/mol. The molecule has 0 nitrogen and oxygen atoms in total.